The van der Waals surface area contributed by atoms with Crippen molar-refractivity contribution in [2.45, 2.75) is 52.4 Å². The number of hydrogen-bond donors (Lipinski definition) is 3. The maximum absolute atomic E-state index is 12.6. The van der Waals surface area contributed by atoms with Crippen molar-refractivity contribution in [2.24, 2.45) is 11.8 Å². The third-order valence-electron chi connectivity index (χ3n) is 5.74. The number of halogens is 1. The van der Waals surface area contributed by atoms with Crippen molar-refractivity contribution >= 4 is 56.4 Å². The van der Waals surface area contributed by atoms with E-state index in [1.807, 2.05) is 18.2 Å². The van der Waals surface area contributed by atoms with Gasteiger partial charge in [-0.2, -0.15) is 0 Å². The van der Waals surface area contributed by atoms with Gasteiger partial charge < -0.3 is 15.4 Å². The average molecular weight is 547 g/mol. The van der Waals surface area contributed by atoms with Crippen LogP contribution in [0.1, 0.15) is 62.7 Å². The molecular formula is C26H32BrN3O3S. The summed E-state index contributed by atoms with van der Waals surface area (Å²) >= 11 is 8.79. The van der Waals surface area contributed by atoms with Crippen molar-refractivity contribution in [1.29, 1.82) is 0 Å². The molecule has 1 aliphatic carbocycles. The van der Waals surface area contributed by atoms with E-state index in [0.29, 0.717) is 39.7 Å². The van der Waals surface area contributed by atoms with Crippen molar-refractivity contribution in [3.05, 3.63) is 52.5 Å². The van der Waals surface area contributed by atoms with Gasteiger partial charge in [0.1, 0.15) is 5.75 Å². The Hall–Kier alpha value is -2.45. The largest absolute Gasteiger partial charge is 0.492 e. The van der Waals surface area contributed by atoms with Crippen LogP contribution in [-0.4, -0.2) is 23.5 Å². The van der Waals surface area contributed by atoms with E-state index in [1.165, 1.54) is 6.42 Å². The molecule has 0 unspecified atom stereocenters. The first-order valence-electron chi connectivity index (χ1n) is 11.8. The molecule has 2 amide bonds. The molecule has 182 valence electrons. The molecule has 1 aliphatic rings. The molecule has 0 bridgehead atoms. The molecule has 0 atom stereocenters. The molecule has 0 aromatic heterocycles. The van der Waals surface area contributed by atoms with Crippen molar-refractivity contribution < 1.29 is 14.3 Å². The minimum atomic E-state index is -0.325. The fourth-order valence-corrected chi connectivity index (χ4v) is 4.49. The zero-order valence-electron chi connectivity index (χ0n) is 19.7. The van der Waals surface area contributed by atoms with Crippen LogP contribution in [0.5, 0.6) is 5.75 Å². The molecule has 0 heterocycles. The molecule has 34 heavy (non-hydrogen) atoms. The van der Waals surface area contributed by atoms with Gasteiger partial charge in [-0.1, -0.05) is 39.2 Å². The molecule has 1 saturated carbocycles. The second-order valence-electron chi connectivity index (χ2n) is 8.99. The number of amides is 2. The highest BCUT2D eigenvalue weighted by molar-refractivity contribution is 9.10. The van der Waals surface area contributed by atoms with Crippen LogP contribution in [0, 0.1) is 11.8 Å². The SMILES string of the molecule is CC(C)CCOc1ccc(C(=O)NC(=S)Nc2cccc(NC(=O)C3CCCCC3)c2)cc1Br. The van der Waals surface area contributed by atoms with Crippen molar-refractivity contribution in [1.82, 2.24) is 5.32 Å². The Labute approximate surface area is 215 Å². The van der Waals surface area contributed by atoms with E-state index in [-0.39, 0.29) is 22.8 Å². The van der Waals surface area contributed by atoms with Crippen molar-refractivity contribution in [3.63, 3.8) is 0 Å². The number of rotatable bonds is 8. The number of benzene rings is 2. The number of hydrogen-bond acceptors (Lipinski definition) is 4. The Balaban J connectivity index is 1.53. The van der Waals surface area contributed by atoms with Crippen LogP contribution in [0.2, 0.25) is 0 Å². The summed E-state index contributed by atoms with van der Waals surface area (Å²) in [5.74, 6) is 1.08. The zero-order chi connectivity index (χ0) is 24.5. The van der Waals surface area contributed by atoms with E-state index < -0.39 is 0 Å². The van der Waals surface area contributed by atoms with E-state index >= 15 is 0 Å². The summed E-state index contributed by atoms with van der Waals surface area (Å²) in [4.78, 5) is 25.2. The molecule has 8 heteroatoms. The van der Waals surface area contributed by atoms with E-state index in [1.54, 1.807) is 24.3 Å². The van der Waals surface area contributed by atoms with Gasteiger partial charge in [0.05, 0.1) is 11.1 Å². The second-order valence-corrected chi connectivity index (χ2v) is 10.3. The van der Waals surface area contributed by atoms with Gasteiger partial charge in [-0.3, -0.25) is 14.9 Å². The molecule has 3 N–H and O–H groups in total. The van der Waals surface area contributed by atoms with Crippen LogP contribution in [0.25, 0.3) is 0 Å². The zero-order valence-corrected chi connectivity index (χ0v) is 22.1. The third kappa shape index (κ3) is 8.09. The fraction of sp³-hybridized carbons (Fsp3) is 0.423. The van der Waals surface area contributed by atoms with Crippen LogP contribution in [0.3, 0.4) is 0 Å². The average Bonchev–Trinajstić information content (AvgIpc) is 2.80. The maximum atomic E-state index is 12.6. The van der Waals surface area contributed by atoms with E-state index in [0.717, 1.165) is 32.1 Å². The Kier molecular flexibility index (Phi) is 9.89. The van der Waals surface area contributed by atoms with Gasteiger partial charge in [0.25, 0.3) is 5.91 Å². The minimum absolute atomic E-state index is 0.0648. The van der Waals surface area contributed by atoms with Crippen LogP contribution in [-0.2, 0) is 4.79 Å². The van der Waals surface area contributed by atoms with Crippen LogP contribution >= 0.6 is 28.1 Å². The first kappa shape index (κ1) is 26.2. The Morgan fingerprint density at radius 1 is 1.06 bits per heavy atom. The molecule has 0 radical (unpaired) electrons. The number of ether oxygens (including phenoxy) is 1. The lowest BCUT2D eigenvalue weighted by atomic mass is 9.88. The summed E-state index contributed by atoms with van der Waals surface area (Å²) < 4.78 is 6.49. The highest BCUT2D eigenvalue weighted by atomic mass is 79.9. The van der Waals surface area contributed by atoms with Crippen molar-refractivity contribution in [3.8, 4) is 5.75 Å². The quantitative estimate of drug-likeness (QED) is 0.329. The predicted molar refractivity (Wildman–Crippen MR) is 144 cm³/mol. The normalized spacial score (nSPS) is 13.9. The summed E-state index contributed by atoms with van der Waals surface area (Å²) in [6.45, 7) is 4.91. The molecular weight excluding hydrogens is 514 g/mol. The van der Waals surface area contributed by atoms with E-state index in [2.05, 4.69) is 45.7 Å². The molecule has 1 fully saturated rings. The lowest BCUT2D eigenvalue weighted by Crippen LogP contribution is -2.34. The van der Waals surface area contributed by atoms with Crippen molar-refractivity contribution in [2.75, 3.05) is 17.2 Å². The smallest absolute Gasteiger partial charge is 0.257 e. The molecule has 6 nitrogen and oxygen atoms in total. The standard InChI is InChI=1S/C26H32BrN3O3S/c1-17(2)13-14-33-23-12-11-19(15-22(23)27)25(32)30-26(34)29-21-10-6-9-20(16-21)28-24(31)18-7-4-3-5-8-18/h6,9-12,15-18H,3-5,7-8,13-14H2,1-2H3,(H,28,31)(H2,29,30,32,34). The first-order chi connectivity index (χ1) is 16.3. The van der Waals surface area contributed by atoms with E-state index in [4.69, 9.17) is 17.0 Å². The Morgan fingerprint density at radius 2 is 1.76 bits per heavy atom. The summed E-state index contributed by atoms with van der Waals surface area (Å²) in [6.07, 6.45) is 6.28. The van der Waals surface area contributed by atoms with Gasteiger partial charge >= 0.3 is 0 Å². The third-order valence-corrected chi connectivity index (χ3v) is 6.56. The summed E-state index contributed by atoms with van der Waals surface area (Å²) in [5.41, 5.74) is 1.84. The van der Waals surface area contributed by atoms with Gasteiger partial charge in [-0.05, 0) is 89.7 Å². The van der Waals surface area contributed by atoms with Crippen LogP contribution in [0.15, 0.2) is 46.9 Å². The Bertz CT molecular complexity index is 1020. The molecule has 0 spiro atoms. The van der Waals surface area contributed by atoms with E-state index in [9.17, 15) is 9.59 Å². The lowest BCUT2D eigenvalue weighted by molar-refractivity contribution is -0.120. The fourth-order valence-electron chi connectivity index (χ4n) is 3.79. The number of nitrogens with one attached hydrogen (secondary N) is 3. The topological polar surface area (TPSA) is 79.5 Å². The monoisotopic (exact) mass is 545 g/mol. The van der Waals surface area contributed by atoms with Gasteiger partial charge in [-0.15, -0.1) is 0 Å². The Morgan fingerprint density at radius 3 is 2.44 bits per heavy atom. The molecule has 0 aliphatic heterocycles. The number of thiocarbonyl (C=S) groups is 1. The molecule has 2 aromatic carbocycles. The summed E-state index contributed by atoms with van der Waals surface area (Å²) in [7, 11) is 0. The van der Waals surface area contributed by atoms with Gasteiger partial charge in [0, 0.05) is 22.9 Å². The number of carbonyl (C=O) groups excluding carboxylic acids is 2. The number of anilines is 2. The molecule has 2 aromatic rings. The highest BCUT2D eigenvalue weighted by Crippen LogP contribution is 2.27. The van der Waals surface area contributed by atoms with Gasteiger partial charge in [0.15, 0.2) is 5.11 Å². The minimum Gasteiger partial charge on any atom is -0.492 e. The number of carbonyl (C=O) groups is 2. The first-order valence-corrected chi connectivity index (χ1v) is 13.0. The van der Waals surface area contributed by atoms with Gasteiger partial charge in [-0.25, -0.2) is 0 Å². The summed E-state index contributed by atoms with van der Waals surface area (Å²) in [5, 5.41) is 8.88. The molecule has 3 rings (SSSR count). The highest BCUT2D eigenvalue weighted by Gasteiger charge is 2.21. The van der Waals surface area contributed by atoms with Crippen LogP contribution < -0.4 is 20.7 Å². The molecule has 0 saturated heterocycles. The van der Waals surface area contributed by atoms with Crippen LogP contribution in [0.4, 0.5) is 11.4 Å². The summed E-state index contributed by atoms with van der Waals surface area (Å²) in [6, 6.07) is 12.5. The maximum Gasteiger partial charge on any atom is 0.257 e. The second kappa shape index (κ2) is 12.9. The predicted octanol–water partition coefficient (Wildman–Crippen LogP) is 6.52. The lowest BCUT2D eigenvalue weighted by Gasteiger charge is -2.21. The van der Waals surface area contributed by atoms with Gasteiger partial charge in [0.2, 0.25) is 5.91 Å².